The van der Waals surface area contributed by atoms with Crippen LogP contribution in [0.1, 0.15) is 42.9 Å². The molecule has 0 bridgehead atoms. The maximum Gasteiger partial charge on any atom is 0.267 e. The Balaban J connectivity index is 2.49. The Morgan fingerprint density at radius 2 is 2.11 bits per heavy atom. The highest BCUT2D eigenvalue weighted by molar-refractivity contribution is 5.92. The highest BCUT2D eigenvalue weighted by atomic mass is 16.1. The van der Waals surface area contributed by atoms with Gasteiger partial charge in [-0.25, -0.2) is 0 Å². The smallest absolute Gasteiger partial charge is 0.267 e. The first-order valence-electron chi connectivity index (χ1n) is 6.71. The predicted molar refractivity (Wildman–Crippen MR) is 74.9 cm³/mol. The molecule has 4 nitrogen and oxygen atoms in total. The van der Waals surface area contributed by atoms with E-state index in [1.807, 2.05) is 12.1 Å². The van der Waals surface area contributed by atoms with E-state index >= 15 is 0 Å². The molecule has 0 aromatic carbocycles. The Bertz CT molecular complexity index is 371. The number of hydrogen-bond donors (Lipinski definition) is 2. The van der Waals surface area contributed by atoms with Crippen molar-refractivity contribution in [3.05, 3.63) is 23.5 Å². The summed E-state index contributed by atoms with van der Waals surface area (Å²) >= 11 is 0. The van der Waals surface area contributed by atoms with E-state index in [1.165, 1.54) is 0 Å². The molecule has 0 aliphatic rings. The Morgan fingerprint density at radius 3 is 2.61 bits per heavy atom. The summed E-state index contributed by atoms with van der Waals surface area (Å²) in [6.07, 6.45) is 3.14. The molecule has 0 radical (unpaired) electrons. The first-order valence-corrected chi connectivity index (χ1v) is 6.71. The number of nitrogens with zero attached hydrogens (tertiary/aromatic N) is 1. The number of nitrogens with one attached hydrogen (secondary N) is 2. The quantitative estimate of drug-likeness (QED) is 0.779. The summed E-state index contributed by atoms with van der Waals surface area (Å²) in [4.78, 5) is 17.2. The monoisotopic (exact) mass is 251 g/mol. The number of likely N-dealkylation sites (N-methyl/N-ethyl adjacent to an activating group) is 1. The minimum atomic E-state index is -0.0161. The van der Waals surface area contributed by atoms with Gasteiger partial charge in [0.15, 0.2) is 0 Å². The zero-order chi connectivity index (χ0) is 13.5. The van der Waals surface area contributed by atoms with Gasteiger partial charge in [-0.1, -0.05) is 20.3 Å². The van der Waals surface area contributed by atoms with Gasteiger partial charge in [-0.05, 0) is 39.1 Å². The molecule has 1 atom stereocenters. The normalized spacial score (nSPS) is 12.7. The molecule has 0 spiro atoms. The van der Waals surface area contributed by atoms with E-state index in [0.29, 0.717) is 18.3 Å². The van der Waals surface area contributed by atoms with E-state index in [2.05, 4.69) is 43.1 Å². The van der Waals surface area contributed by atoms with Crippen molar-refractivity contribution in [3.8, 4) is 0 Å². The van der Waals surface area contributed by atoms with E-state index in [1.54, 1.807) is 0 Å². The number of carbonyl (C=O) groups is 1. The molecule has 0 saturated carbocycles. The molecule has 4 heteroatoms. The number of aryl methyl sites for hydroxylation is 1. The maximum atomic E-state index is 11.9. The fraction of sp³-hybridized carbons (Fsp3) is 0.643. The van der Waals surface area contributed by atoms with Crippen LogP contribution in [0, 0.1) is 0 Å². The highest BCUT2D eigenvalue weighted by Crippen LogP contribution is 2.04. The Labute approximate surface area is 110 Å². The van der Waals surface area contributed by atoms with E-state index in [-0.39, 0.29) is 5.91 Å². The molecule has 0 saturated heterocycles. The second kappa shape index (κ2) is 7.21. The molecule has 1 amide bonds. The lowest BCUT2D eigenvalue weighted by Crippen LogP contribution is -2.40. The van der Waals surface area contributed by atoms with Gasteiger partial charge in [0.05, 0.1) is 0 Å². The number of aromatic amines is 1. The molecule has 1 unspecified atom stereocenters. The van der Waals surface area contributed by atoms with Crippen LogP contribution in [0.15, 0.2) is 12.1 Å². The van der Waals surface area contributed by atoms with Gasteiger partial charge in [-0.15, -0.1) is 0 Å². The van der Waals surface area contributed by atoms with Gasteiger partial charge >= 0.3 is 0 Å². The second-order valence-corrected chi connectivity index (χ2v) is 4.87. The molecule has 2 N–H and O–H groups in total. The van der Waals surface area contributed by atoms with Crippen molar-refractivity contribution in [2.75, 3.05) is 20.6 Å². The van der Waals surface area contributed by atoms with Gasteiger partial charge in [-0.3, -0.25) is 4.79 Å². The average molecular weight is 251 g/mol. The van der Waals surface area contributed by atoms with Gasteiger partial charge in [0.1, 0.15) is 5.69 Å². The fourth-order valence-electron chi connectivity index (χ4n) is 1.96. The lowest BCUT2D eigenvalue weighted by atomic mass is 10.1. The number of carbonyl (C=O) groups excluding carboxylic acids is 1. The lowest BCUT2D eigenvalue weighted by Gasteiger charge is -2.23. The largest absolute Gasteiger partial charge is 0.354 e. The maximum absolute atomic E-state index is 11.9. The zero-order valence-corrected chi connectivity index (χ0v) is 11.9. The molecular formula is C14H25N3O. The van der Waals surface area contributed by atoms with Gasteiger partial charge in [0.25, 0.3) is 5.91 Å². The van der Waals surface area contributed by atoms with Crippen LogP contribution in [0.3, 0.4) is 0 Å². The SMILES string of the molecule is CCCC(CNC(=O)c1ccc(CC)[nH]1)N(C)C. The van der Waals surface area contributed by atoms with Crippen LogP contribution >= 0.6 is 0 Å². The topological polar surface area (TPSA) is 48.1 Å². The molecule has 102 valence electrons. The predicted octanol–water partition coefficient (Wildman–Crippen LogP) is 2.04. The molecule has 1 heterocycles. The average Bonchev–Trinajstić information content (AvgIpc) is 2.82. The van der Waals surface area contributed by atoms with Crippen molar-refractivity contribution in [2.45, 2.75) is 39.2 Å². The van der Waals surface area contributed by atoms with Gasteiger partial charge in [0.2, 0.25) is 0 Å². The fourth-order valence-corrected chi connectivity index (χ4v) is 1.96. The van der Waals surface area contributed by atoms with E-state index in [4.69, 9.17) is 0 Å². The van der Waals surface area contributed by atoms with Crippen LogP contribution in [0.4, 0.5) is 0 Å². The number of hydrogen-bond acceptors (Lipinski definition) is 2. The first kappa shape index (κ1) is 14.8. The van der Waals surface area contributed by atoms with Gasteiger partial charge in [-0.2, -0.15) is 0 Å². The molecule has 0 aliphatic heterocycles. The number of H-pyrrole nitrogens is 1. The van der Waals surface area contributed by atoms with Crippen molar-refractivity contribution >= 4 is 5.91 Å². The summed E-state index contributed by atoms with van der Waals surface area (Å²) in [5.41, 5.74) is 1.75. The first-order chi connectivity index (χ1) is 8.58. The van der Waals surface area contributed by atoms with Crippen LogP contribution in [-0.2, 0) is 6.42 Å². The van der Waals surface area contributed by atoms with Crippen LogP contribution in [0.5, 0.6) is 0 Å². The van der Waals surface area contributed by atoms with Crippen LogP contribution in [0.2, 0.25) is 0 Å². The zero-order valence-electron chi connectivity index (χ0n) is 11.9. The van der Waals surface area contributed by atoms with E-state index < -0.39 is 0 Å². The molecule has 0 aliphatic carbocycles. The van der Waals surface area contributed by atoms with Crippen molar-refractivity contribution < 1.29 is 4.79 Å². The number of aromatic nitrogens is 1. The number of rotatable bonds is 7. The molecule has 18 heavy (non-hydrogen) atoms. The van der Waals surface area contributed by atoms with Crippen molar-refractivity contribution in [1.29, 1.82) is 0 Å². The van der Waals surface area contributed by atoms with E-state index in [9.17, 15) is 4.79 Å². The van der Waals surface area contributed by atoms with Gasteiger partial charge in [0, 0.05) is 18.3 Å². The summed E-state index contributed by atoms with van der Waals surface area (Å²) in [6.45, 7) is 4.92. The third-order valence-electron chi connectivity index (χ3n) is 3.22. The standard InChI is InChI=1S/C14H25N3O/c1-5-7-12(17(3)4)10-15-14(18)13-9-8-11(6-2)16-13/h8-9,12,16H,5-7,10H2,1-4H3,(H,15,18). The summed E-state index contributed by atoms with van der Waals surface area (Å²) in [6, 6.07) is 4.21. The van der Waals surface area contributed by atoms with Crippen LogP contribution in [0.25, 0.3) is 0 Å². The van der Waals surface area contributed by atoms with Crippen molar-refractivity contribution in [3.63, 3.8) is 0 Å². The minimum absolute atomic E-state index is 0.0161. The summed E-state index contributed by atoms with van der Waals surface area (Å²) in [5, 5.41) is 2.99. The molecule has 1 aromatic rings. The number of amides is 1. The van der Waals surface area contributed by atoms with Crippen LogP contribution < -0.4 is 5.32 Å². The molecule has 1 aromatic heterocycles. The highest BCUT2D eigenvalue weighted by Gasteiger charge is 2.13. The summed E-state index contributed by atoms with van der Waals surface area (Å²) in [7, 11) is 4.10. The molecule has 1 rings (SSSR count). The van der Waals surface area contributed by atoms with Crippen LogP contribution in [-0.4, -0.2) is 42.5 Å². The third kappa shape index (κ3) is 4.18. The Kier molecular flexibility index (Phi) is 5.92. The Hall–Kier alpha value is -1.29. The second-order valence-electron chi connectivity index (χ2n) is 4.87. The van der Waals surface area contributed by atoms with Gasteiger partial charge < -0.3 is 15.2 Å². The van der Waals surface area contributed by atoms with E-state index in [0.717, 1.165) is 25.0 Å². The summed E-state index contributed by atoms with van der Waals surface area (Å²) < 4.78 is 0. The minimum Gasteiger partial charge on any atom is -0.354 e. The third-order valence-corrected chi connectivity index (χ3v) is 3.22. The lowest BCUT2D eigenvalue weighted by molar-refractivity contribution is 0.0936. The summed E-state index contributed by atoms with van der Waals surface area (Å²) in [5.74, 6) is -0.0161. The van der Waals surface area contributed by atoms with Crippen molar-refractivity contribution in [2.24, 2.45) is 0 Å². The molecule has 0 fully saturated rings. The Morgan fingerprint density at radius 1 is 1.39 bits per heavy atom. The van der Waals surface area contributed by atoms with Crippen molar-refractivity contribution in [1.82, 2.24) is 15.2 Å². The molecular weight excluding hydrogens is 226 g/mol.